The van der Waals surface area contributed by atoms with Gasteiger partial charge in [-0.2, -0.15) is 0 Å². The number of rotatable bonds is 4. The first-order valence-electron chi connectivity index (χ1n) is 13.4. The molecule has 0 unspecified atom stereocenters. The van der Waals surface area contributed by atoms with Crippen molar-refractivity contribution in [1.82, 2.24) is 10.6 Å². The second-order valence-corrected chi connectivity index (χ2v) is 11.8. The summed E-state index contributed by atoms with van der Waals surface area (Å²) in [5, 5.41) is 6.04. The van der Waals surface area contributed by atoms with Gasteiger partial charge in [-0.1, -0.05) is 41.9 Å². The summed E-state index contributed by atoms with van der Waals surface area (Å²) in [5.74, 6) is -1.22. The van der Waals surface area contributed by atoms with Crippen LogP contribution in [0.1, 0.15) is 58.3 Å². The summed E-state index contributed by atoms with van der Waals surface area (Å²) in [7, 11) is 1.52. The van der Waals surface area contributed by atoms with Crippen LogP contribution in [0.2, 0.25) is 5.02 Å². The maximum Gasteiger partial charge on any atom is 0.251 e. The molecular weight excluding hydrogens is 506 g/mol. The molecule has 4 aliphatic rings. The van der Waals surface area contributed by atoms with Gasteiger partial charge in [0, 0.05) is 36.2 Å². The van der Waals surface area contributed by atoms with Crippen molar-refractivity contribution in [3.05, 3.63) is 86.9 Å². The molecule has 1 spiro atoms. The Labute approximate surface area is 225 Å². The molecule has 2 N–H and O–H groups in total. The zero-order valence-corrected chi connectivity index (χ0v) is 22.0. The van der Waals surface area contributed by atoms with Gasteiger partial charge in [-0.3, -0.25) is 4.79 Å². The number of nitrogens with one attached hydrogen (secondary N) is 2. The number of fused-ring (bicyclic) bond motifs is 2. The summed E-state index contributed by atoms with van der Waals surface area (Å²) in [6.45, 7) is 0.864. The number of carbonyl (C=O) groups is 1. The number of hydrogen-bond donors (Lipinski definition) is 2. The molecule has 0 bridgehead atoms. The highest BCUT2D eigenvalue weighted by Crippen LogP contribution is 2.58. The van der Waals surface area contributed by atoms with Crippen LogP contribution in [0.15, 0.2) is 42.5 Å². The van der Waals surface area contributed by atoms with Gasteiger partial charge in [0.2, 0.25) is 0 Å². The van der Waals surface area contributed by atoms with Crippen molar-refractivity contribution in [2.45, 2.75) is 56.6 Å². The van der Waals surface area contributed by atoms with E-state index in [1.54, 1.807) is 6.07 Å². The van der Waals surface area contributed by atoms with Gasteiger partial charge in [0.05, 0.1) is 16.6 Å². The molecule has 1 amide bonds. The lowest BCUT2D eigenvalue weighted by molar-refractivity contribution is 0.0539. The van der Waals surface area contributed by atoms with Crippen molar-refractivity contribution in [2.24, 2.45) is 5.41 Å². The van der Waals surface area contributed by atoms with Crippen LogP contribution in [0.4, 0.5) is 8.78 Å². The van der Waals surface area contributed by atoms with Crippen molar-refractivity contribution in [2.75, 3.05) is 13.6 Å². The predicted octanol–water partition coefficient (Wildman–Crippen LogP) is 6.11. The molecule has 38 heavy (non-hydrogen) atoms. The van der Waals surface area contributed by atoms with Crippen molar-refractivity contribution in [1.29, 1.82) is 0 Å². The van der Waals surface area contributed by atoms with Crippen LogP contribution in [0, 0.1) is 17.0 Å². The molecule has 2 fully saturated rings. The van der Waals surface area contributed by atoms with Crippen LogP contribution >= 0.6 is 11.6 Å². The minimum Gasteiger partial charge on any atom is -0.480 e. The standard InChI is InChI=1S/C31H29ClF2N2O2/c1-35-29(37)19-12-17-14-30(9-10-30)15-20(17)28(34)26(19)25-21-16-31(24-8-5-11-36-24,18-6-3-2-4-7-18)38-23(21)13-22(33)27(25)32/h2-4,6-7,12-13,24,36H,5,8-11,14-16H2,1H3,(H,35,37)/t24-,31-/m0/s1. The molecule has 1 saturated carbocycles. The van der Waals surface area contributed by atoms with E-state index in [4.69, 9.17) is 16.3 Å². The molecule has 0 aromatic heterocycles. The zero-order chi connectivity index (χ0) is 26.2. The van der Waals surface area contributed by atoms with Crippen molar-refractivity contribution in [3.63, 3.8) is 0 Å². The van der Waals surface area contributed by atoms with Gasteiger partial charge in [0.25, 0.3) is 5.91 Å². The summed E-state index contributed by atoms with van der Waals surface area (Å²) in [5.41, 5.74) is 2.90. The monoisotopic (exact) mass is 534 g/mol. The number of benzene rings is 3. The third-order valence-corrected chi connectivity index (χ3v) is 9.53. The van der Waals surface area contributed by atoms with Gasteiger partial charge in [-0.25, -0.2) is 8.78 Å². The Kier molecular flexibility index (Phi) is 5.41. The van der Waals surface area contributed by atoms with Crippen molar-refractivity contribution < 1.29 is 18.3 Å². The smallest absolute Gasteiger partial charge is 0.251 e. The summed E-state index contributed by atoms with van der Waals surface area (Å²) in [6, 6.07) is 13.0. The van der Waals surface area contributed by atoms with Gasteiger partial charge < -0.3 is 15.4 Å². The molecular formula is C31H29ClF2N2O2. The fourth-order valence-corrected chi connectivity index (χ4v) is 7.31. The number of halogens is 3. The van der Waals surface area contributed by atoms with E-state index in [0.29, 0.717) is 29.7 Å². The number of ether oxygens (including phenoxy) is 1. The lowest BCUT2D eigenvalue weighted by atomic mass is 9.80. The summed E-state index contributed by atoms with van der Waals surface area (Å²) in [4.78, 5) is 13.1. The molecule has 2 heterocycles. The molecule has 2 aliphatic carbocycles. The summed E-state index contributed by atoms with van der Waals surface area (Å²) < 4.78 is 38.7. The van der Waals surface area contributed by atoms with Crippen molar-refractivity contribution in [3.8, 4) is 16.9 Å². The molecule has 7 heteroatoms. The molecule has 2 atom stereocenters. The predicted molar refractivity (Wildman–Crippen MR) is 143 cm³/mol. The average molecular weight is 535 g/mol. The summed E-state index contributed by atoms with van der Waals surface area (Å²) >= 11 is 6.68. The van der Waals surface area contributed by atoms with Gasteiger partial charge >= 0.3 is 0 Å². The molecule has 1 saturated heterocycles. The van der Waals surface area contributed by atoms with Gasteiger partial charge in [0.15, 0.2) is 5.60 Å². The van der Waals surface area contributed by atoms with Crippen LogP contribution in [0.5, 0.6) is 5.75 Å². The Morgan fingerprint density at radius 2 is 1.87 bits per heavy atom. The minimum atomic E-state index is -0.801. The molecule has 3 aromatic rings. The first-order chi connectivity index (χ1) is 18.4. The normalized spacial score (nSPS) is 24.3. The fourth-order valence-electron chi connectivity index (χ4n) is 7.04. The van der Waals surface area contributed by atoms with Crippen LogP contribution in [-0.4, -0.2) is 25.5 Å². The van der Waals surface area contributed by atoms with Gasteiger partial charge in [0.1, 0.15) is 17.4 Å². The van der Waals surface area contributed by atoms with Gasteiger partial charge in [-0.15, -0.1) is 0 Å². The first kappa shape index (κ1) is 24.1. The van der Waals surface area contributed by atoms with E-state index in [1.165, 1.54) is 13.1 Å². The molecule has 0 radical (unpaired) electrons. The fraction of sp³-hybridized carbons (Fsp3) is 0.387. The summed E-state index contributed by atoms with van der Waals surface area (Å²) in [6.07, 6.45) is 5.81. The van der Waals surface area contributed by atoms with Crippen LogP contribution < -0.4 is 15.4 Å². The Bertz CT molecular complexity index is 1480. The zero-order valence-electron chi connectivity index (χ0n) is 21.2. The molecule has 2 aliphatic heterocycles. The topological polar surface area (TPSA) is 50.4 Å². The second-order valence-electron chi connectivity index (χ2n) is 11.4. The highest BCUT2D eigenvalue weighted by molar-refractivity contribution is 6.34. The van der Waals surface area contributed by atoms with E-state index in [0.717, 1.165) is 49.8 Å². The molecule has 196 valence electrons. The van der Waals surface area contributed by atoms with Crippen molar-refractivity contribution >= 4 is 17.5 Å². The Morgan fingerprint density at radius 1 is 1.08 bits per heavy atom. The van der Waals surface area contributed by atoms with E-state index in [2.05, 4.69) is 10.6 Å². The Hall–Kier alpha value is -2.96. The van der Waals surface area contributed by atoms with E-state index >= 15 is 8.78 Å². The molecule has 4 nitrogen and oxygen atoms in total. The van der Waals surface area contributed by atoms with Crippen LogP contribution in [-0.2, 0) is 24.9 Å². The quantitative estimate of drug-likeness (QED) is 0.425. The third-order valence-electron chi connectivity index (χ3n) is 9.16. The molecule has 3 aromatic carbocycles. The largest absolute Gasteiger partial charge is 0.480 e. The lowest BCUT2D eigenvalue weighted by Crippen LogP contribution is -2.48. The van der Waals surface area contributed by atoms with Crippen LogP contribution in [0.25, 0.3) is 11.1 Å². The minimum absolute atomic E-state index is 0.00927. The number of carbonyl (C=O) groups excluding carboxylic acids is 1. The van der Waals surface area contributed by atoms with E-state index < -0.39 is 23.1 Å². The maximum absolute atomic E-state index is 16.6. The van der Waals surface area contributed by atoms with Gasteiger partial charge in [-0.05, 0) is 73.2 Å². The van der Waals surface area contributed by atoms with Crippen LogP contribution in [0.3, 0.4) is 0 Å². The maximum atomic E-state index is 16.6. The highest BCUT2D eigenvalue weighted by atomic mass is 35.5. The number of amides is 1. The molecule has 7 rings (SSSR count). The van der Waals surface area contributed by atoms with E-state index in [-0.39, 0.29) is 33.2 Å². The third kappa shape index (κ3) is 3.46. The second kappa shape index (κ2) is 8.52. The SMILES string of the molecule is CNC(=O)c1cc2c(c(F)c1-c1c(Cl)c(F)cc3c1C[C@](c1ccccc1)([C@@H]1CCCN1)O3)CC1(CC1)C2. The first-order valence-corrected chi connectivity index (χ1v) is 13.8. The van der Waals surface area contributed by atoms with E-state index in [1.807, 2.05) is 30.3 Å². The lowest BCUT2D eigenvalue weighted by Gasteiger charge is -2.35. The Balaban J connectivity index is 1.46. The highest BCUT2D eigenvalue weighted by Gasteiger charge is 2.51. The average Bonchev–Trinajstić information content (AvgIpc) is 3.28. The van der Waals surface area contributed by atoms with E-state index in [9.17, 15) is 4.79 Å². The Morgan fingerprint density at radius 3 is 2.55 bits per heavy atom. The number of hydrogen-bond acceptors (Lipinski definition) is 3.